The molecule has 0 bridgehead atoms. The van der Waals surface area contributed by atoms with Gasteiger partial charge in [-0.1, -0.05) is 6.07 Å². The number of aromatic nitrogens is 2. The zero-order valence-corrected chi connectivity index (χ0v) is 12.5. The zero-order chi connectivity index (χ0) is 14.2. The van der Waals surface area contributed by atoms with Crippen molar-refractivity contribution in [3.05, 3.63) is 24.3 Å². The number of hydrogen-bond donors (Lipinski definition) is 1. The highest BCUT2D eigenvalue weighted by molar-refractivity contribution is 7.99. The number of rotatable bonds is 3. The lowest BCUT2D eigenvalue weighted by molar-refractivity contribution is 0.600. The number of nitrogens with zero attached hydrogens (tertiary/aromatic N) is 2. The molecule has 19 heavy (non-hydrogen) atoms. The van der Waals surface area contributed by atoms with Crippen molar-refractivity contribution in [1.29, 1.82) is 0 Å². The van der Waals surface area contributed by atoms with Crippen molar-refractivity contribution < 1.29 is 8.42 Å². The van der Waals surface area contributed by atoms with E-state index in [4.69, 9.17) is 5.73 Å². The summed E-state index contributed by atoms with van der Waals surface area (Å²) < 4.78 is 24.9. The quantitative estimate of drug-likeness (QED) is 0.874. The molecule has 2 N–H and O–H groups in total. The molecule has 0 fully saturated rings. The number of sulfone groups is 1. The van der Waals surface area contributed by atoms with Crippen LogP contribution in [-0.4, -0.2) is 30.7 Å². The van der Waals surface area contributed by atoms with Crippen molar-refractivity contribution in [1.82, 2.24) is 9.78 Å². The van der Waals surface area contributed by atoms with E-state index in [1.165, 1.54) is 18.0 Å². The first-order valence-corrected chi connectivity index (χ1v) is 8.62. The van der Waals surface area contributed by atoms with E-state index in [0.717, 1.165) is 11.3 Å². The van der Waals surface area contributed by atoms with Crippen LogP contribution in [0.25, 0.3) is 11.3 Å². The summed E-state index contributed by atoms with van der Waals surface area (Å²) in [5.41, 5.74) is 7.33. The molecule has 1 aromatic carbocycles. The van der Waals surface area contributed by atoms with Gasteiger partial charge in [-0.15, -0.1) is 11.8 Å². The first-order valence-electron chi connectivity index (χ1n) is 5.51. The molecule has 0 aliphatic heterocycles. The van der Waals surface area contributed by atoms with Crippen molar-refractivity contribution in [2.24, 2.45) is 7.05 Å². The third kappa shape index (κ3) is 2.76. The molecule has 0 saturated heterocycles. The van der Waals surface area contributed by atoms with Crippen LogP contribution in [0, 0.1) is 0 Å². The Balaban J connectivity index is 2.56. The minimum Gasteiger partial charge on any atom is -0.384 e. The van der Waals surface area contributed by atoms with Gasteiger partial charge >= 0.3 is 0 Å². The third-order valence-electron chi connectivity index (χ3n) is 2.77. The topological polar surface area (TPSA) is 78.0 Å². The average Bonchev–Trinajstić information content (AvgIpc) is 2.67. The maximum absolute atomic E-state index is 11.7. The number of nitrogen functional groups attached to an aromatic ring is 1. The minimum atomic E-state index is -3.22. The van der Waals surface area contributed by atoms with Gasteiger partial charge in [-0.05, 0) is 18.4 Å². The smallest absolute Gasteiger partial charge is 0.176 e. The van der Waals surface area contributed by atoms with Gasteiger partial charge < -0.3 is 5.73 Å². The van der Waals surface area contributed by atoms with Gasteiger partial charge in [0.1, 0.15) is 5.82 Å². The van der Waals surface area contributed by atoms with Crippen LogP contribution in [0.3, 0.4) is 0 Å². The van der Waals surface area contributed by atoms with Crippen molar-refractivity contribution in [2.45, 2.75) is 9.79 Å². The Morgan fingerprint density at radius 2 is 2.00 bits per heavy atom. The molecule has 2 aromatic rings. The molecular weight excluding hydrogens is 282 g/mol. The Labute approximate surface area is 116 Å². The predicted molar refractivity (Wildman–Crippen MR) is 77.9 cm³/mol. The van der Waals surface area contributed by atoms with Gasteiger partial charge in [0.25, 0.3) is 0 Å². The van der Waals surface area contributed by atoms with Gasteiger partial charge in [0.2, 0.25) is 0 Å². The van der Waals surface area contributed by atoms with Crippen LogP contribution in [0.2, 0.25) is 0 Å². The van der Waals surface area contributed by atoms with E-state index in [-0.39, 0.29) is 0 Å². The number of benzene rings is 1. The lowest BCUT2D eigenvalue weighted by atomic mass is 10.1. The van der Waals surface area contributed by atoms with Crippen LogP contribution in [0.1, 0.15) is 0 Å². The van der Waals surface area contributed by atoms with Gasteiger partial charge in [-0.2, -0.15) is 5.10 Å². The highest BCUT2D eigenvalue weighted by Gasteiger charge is 2.15. The number of nitrogens with two attached hydrogens (primary N) is 1. The molecule has 7 heteroatoms. The molecule has 1 heterocycles. The predicted octanol–water partition coefficient (Wildman–Crippen LogP) is 1.79. The minimum absolute atomic E-state index is 0.340. The van der Waals surface area contributed by atoms with E-state index in [2.05, 4.69) is 5.10 Å². The molecule has 0 unspecified atom stereocenters. The fraction of sp³-hybridized carbons (Fsp3) is 0.250. The second-order valence-corrected chi connectivity index (χ2v) is 7.05. The molecule has 0 spiro atoms. The maximum Gasteiger partial charge on any atom is 0.176 e. The molecule has 0 aliphatic carbocycles. The molecular formula is C12H15N3O2S2. The lowest BCUT2D eigenvalue weighted by Gasteiger charge is -2.07. The highest BCUT2D eigenvalue weighted by Crippen LogP contribution is 2.30. The average molecular weight is 297 g/mol. The summed E-state index contributed by atoms with van der Waals surface area (Å²) >= 11 is 1.40. The fourth-order valence-corrected chi connectivity index (χ4v) is 3.71. The van der Waals surface area contributed by atoms with Gasteiger partial charge in [-0.25, -0.2) is 8.42 Å². The van der Waals surface area contributed by atoms with Gasteiger partial charge in [0, 0.05) is 29.8 Å². The summed E-state index contributed by atoms with van der Waals surface area (Å²) in [5, 5.41) is 4.28. The van der Waals surface area contributed by atoms with Crippen LogP contribution in [0.5, 0.6) is 0 Å². The Kier molecular flexibility index (Phi) is 3.60. The number of anilines is 1. The Bertz CT molecular complexity index is 701. The van der Waals surface area contributed by atoms with Crippen molar-refractivity contribution >= 4 is 27.4 Å². The molecule has 2 rings (SSSR count). The molecule has 102 valence electrons. The Morgan fingerprint density at radius 1 is 1.32 bits per heavy atom. The van der Waals surface area contributed by atoms with E-state index in [1.54, 1.807) is 29.9 Å². The van der Waals surface area contributed by atoms with Crippen LogP contribution in [0.4, 0.5) is 5.82 Å². The first kappa shape index (κ1) is 14.0. The van der Waals surface area contributed by atoms with Gasteiger partial charge in [-0.3, -0.25) is 4.68 Å². The van der Waals surface area contributed by atoms with E-state index in [0.29, 0.717) is 15.6 Å². The van der Waals surface area contributed by atoms with Crippen LogP contribution in [-0.2, 0) is 16.9 Å². The van der Waals surface area contributed by atoms with Crippen LogP contribution >= 0.6 is 11.8 Å². The summed E-state index contributed by atoms with van der Waals surface area (Å²) in [4.78, 5) is 1.05. The largest absolute Gasteiger partial charge is 0.384 e. The standard InChI is InChI=1S/C12H15N3O2S2/c1-15-12(13)7-9(14-15)8-4-5-11(19(3,16)17)10(6-8)18-2/h4-7H,13H2,1-3H3. The second kappa shape index (κ2) is 4.90. The van der Waals surface area contributed by atoms with E-state index in [9.17, 15) is 8.42 Å². The monoisotopic (exact) mass is 297 g/mol. The summed E-state index contributed by atoms with van der Waals surface area (Å²) in [7, 11) is -1.46. The highest BCUT2D eigenvalue weighted by atomic mass is 32.2. The summed E-state index contributed by atoms with van der Waals surface area (Å²) in [6.07, 6.45) is 3.06. The Hall–Kier alpha value is -1.47. The molecule has 0 saturated carbocycles. The molecule has 5 nitrogen and oxygen atoms in total. The third-order valence-corrected chi connectivity index (χ3v) is 4.84. The molecule has 1 aromatic heterocycles. The first-order chi connectivity index (χ1) is 8.82. The van der Waals surface area contributed by atoms with Gasteiger partial charge in [0.05, 0.1) is 10.6 Å². The van der Waals surface area contributed by atoms with Crippen molar-refractivity contribution in [3.63, 3.8) is 0 Å². The number of aryl methyl sites for hydroxylation is 1. The van der Waals surface area contributed by atoms with Gasteiger partial charge in [0.15, 0.2) is 9.84 Å². The SMILES string of the molecule is CSc1cc(-c2cc(N)n(C)n2)ccc1S(C)(=O)=O. The van der Waals surface area contributed by atoms with Crippen LogP contribution in [0.15, 0.2) is 34.1 Å². The molecule has 0 radical (unpaired) electrons. The summed E-state index contributed by atoms with van der Waals surface area (Å²) in [5.74, 6) is 0.563. The van der Waals surface area contributed by atoms with Crippen LogP contribution < -0.4 is 5.73 Å². The number of thioether (sulfide) groups is 1. The maximum atomic E-state index is 11.7. The lowest BCUT2D eigenvalue weighted by Crippen LogP contribution is -1.99. The normalized spacial score (nSPS) is 11.7. The van der Waals surface area contributed by atoms with E-state index < -0.39 is 9.84 Å². The molecule has 0 aliphatic rings. The summed E-state index contributed by atoms with van der Waals surface area (Å²) in [6, 6.07) is 6.95. The molecule has 0 atom stereocenters. The van der Waals surface area contributed by atoms with E-state index in [1.807, 2.05) is 12.3 Å². The van der Waals surface area contributed by atoms with Crippen molar-refractivity contribution in [2.75, 3.05) is 18.2 Å². The molecule has 0 amide bonds. The van der Waals surface area contributed by atoms with E-state index >= 15 is 0 Å². The fourth-order valence-electron chi connectivity index (χ4n) is 1.76. The summed E-state index contributed by atoms with van der Waals surface area (Å²) in [6.45, 7) is 0. The zero-order valence-electron chi connectivity index (χ0n) is 10.9. The van der Waals surface area contributed by atoms with Crippen molar-refractivity contribution in [3.8, 4) is 11.3 Å². The number of hydrogen-bond acceptors (Lipinski definition) is 5. The Morgan fingerprint density at radius 3 is 2.47 bits per heavy atom. The second-order valence-electron chi connectivity index (χ2n) is 4.22.